The van der Waals surface area contributed by atoms with Crippen LogP contribution in [0.5, 0.6) is 0 Å². The summed E-state index contributed by atoms with van der Waals surface area (Å²) < 4.78 is 0. The summed E-state index contributed by atoms with van der Waals surface area (Å²) in [5.74, 6) is 0. The molecule has 1 aromatic rings. The van der Waals surface area contributed by atoms with Crippen molar-refractivity contribution in [3.8, 4) is 0 Å². The summed E-state index contributed by atoms with van der Waals surface area (Å²) >= 11 is 0. The van der Waals surface area contributed by atoms with Gasteiger partial charge in [0.1, 0.15) is 6.61 Å². The van der Waals surface area contributed by atoms with Crippen LogP contribution < -0.4 is 0 Å². The topological polar surface area (TPSA) is 38.7 Å². The normalized spacial score (nSPS) is 9.42. The van der Waals surface area contributed by atoms with E-state index in [1.54, 1.807) is 0 Å². The lowest BCUT2D eigenvalue weighted by molar-refractivity contribution is 0.126. The molecule has 0 saturated heterocycles. The molecular weight excluding hydrogens is 154 g/mol. The first-order valence-corrected chi connectivity index (χ1v) is 3.89. The van der Waals surface area contributed by atoms with Gasteiger partial charge in [0.05, 0.1) is 0 Å². The standard InChI is InChI=1S/C9H11NO2/c1-2-8-4-3-5-9(6-8)7-12-10-11/h3-6H,2,7H2,1H3. The maximum absolute atomic E-state index is 9.66. The van der Waals surface area contributed by atoms with Gasteiger partial charge in [-0.2, -0.15) is 0 Å². The molecule has 0 bridgehead atoms. The molecule has 0 atom stereocenters. The average Bonchev–Trinajstić information content (AvgIpc) is 2.15. The van der Waals surface area contributed by atoms with Crippen molar-refractivity contribution in [1.29, 1.82) is 0 Å². The Morgan fingerprint density at radius 1 is 1.42 bits per heavy atom. The van der Waals surface area contributed by atoms with Crippen molar-refractivity contribution in [3.05, 3.63) is 40.3 Å². The molecule has 0 unspecified atom stereocenters. The molecule has 0 aliphatic rings. The number of nitrogens with zero attached hydrogens (tertiary/aromatic N) is 1. The molecule has 0 amide bonds. The highest BCUT2D eigenvalue weighted by atomic mass is 16.7. The van der Waals surface area contributed by atoms with E-state index in [2.05, 4.69) is 17.1 Å². The van der Waals surface area contributed by atoms with Crippen molar-refractivity contribution in [2.75, 3.05) is 0 Å². The minimum atomic E-state index is 0.261. The van der Waals surface area contributed by atoms with Crippen molar-refractivity contribution in [1.82, 2.24) is 0 Å². The number of hydrogen-bond donors (Lipinski definition) is 0. The molecular formula is C9H11NO2. The van der Waals surface area contributed by atoms with Crippen LogP contribution >= 0.6 is 0 Å². The van der Waals surface area contributed by atoms with Gasteiger partial charge in [0.2, 0.25) is 0 Å². The predicted molar refractivity (Wildman–Crippen MR) is 46.4 cm³/mol. The quantitative estimate of drug-likeness (QED) is 0.507. The highest BCUT2D eigenvalue weighted by molar-refractivity contribution is 5.22. The number of aryl methyl sites for hydroxylation is 1. The lowest BCUT2D eigenvalue weighted by Crippen LogP contribution is -1.88. The molecule has 12 heavy (non-hydrogen) atoms. The van der Waals surface area contributed by atoms with E-state index < -0.39 is 0 Å². The number of rotatable bonds is 4. The van der Waals surface area contributed by atoms with E-state index >= 15 is 0 Å². The first kappa shape index (κ1) is 8.71. The summed E-state index contributed by atoms with van der Waals surface area (Å²) in [6.45, 7) is 2.34. The Hall–Kier alpha value is -1.38. The first-order chi connectivity index (χ1) is 5.86. The van der Waals surface area contributed by atoms with Crippen molar-refractivity contribution in [2.45, 2.75) is 20.0 Å². The average molecular weight is 165 g/mol. The Morgan fingerprint density at radius 3 is 2.83 bits per heavy atom. The molecule has 0 spiro atoms. The van der Waals surface area contributed by atoms with E-state index in [1.807, 2.05) is 24.3 Å². The summed E-state index contributed by atoms with van der Waals surface area (Å²) in [4.78, 5) is 14.0. The van der Waals surface area contributed by atoms with Gasteiger partial charge in [-0.15, -0.1) is 4.91 Å². The molecule has 3 nitrogen and oxygen atoms in total. The Kier molecular flexibility index (Phi) is 3.26. The van der Waals surface area contributed by atoms with Crippen molar-refractivity contribution >= 4 is 0 Å². The van der Waals surface area contributed by atoms with Crippen molar-refractivity contribution in [3.63, 3.8) is 0 Å². The lowest BCUT2D eigenvalue weighted by Gasteiger charge is -2.00. The molecule has 1 rings (SSSR count). The lowest BCUT2D eigenvalue weighted by atomic mass is 10.1. The van der Waals surface area contributed by atoms with Crippen LogP contribution in [0.25, 0.3) is 0 Å². The Morgan fingerprint density at radius 2 is 2.17 bits per heavy atom. The zero-order valence-electron chi connectivity index (χ0n) is 6.99. The minimum Gasteiger partial charge on any atom is -0.359 e. The van der Waals surface area contributed by atoms with Crippen molar-refractivity contribution < 1.29 is 4.84 Å². The molecule has 0 fully saturated rings. The summed E-state index contributed by atoms with van der Waals surface area (Å²) in [5.41, 5.74) is 2.22. The van der Waals surface area contributed by atoms with Gasteiger partial charge in [-0.3, -0.25) is 0 Å². The molecule has 0 N–H and O–H groups in total. The largest absolute Gasteiger partial charge is 0.359 e. The van der Waals surface area contributed by atoms with Gasteiger partial charge < -0.3 is 4.84 Å². The van der Waals surface area contributed by atoms with Gasteiger partial charge in [-0.05, 0) is 17.5 Å². The highest BCUT2D eigenvalue weighted by Crippen LogP contribution is 2.06. The maximum atomic E-state index is 9.66. The molecule has 0 aromatic heterocycles. The van der Waals surface area contributed by atoms with E-state index in [1.165, 1.54) is 5.56 Å². The third-order valence-electron chi connectivity index (χ3n) is 1.68. The molecule has 0 saturated carbocycles. The minimum absolute atomic E-state index is 0.261. The summed E-state index contributed by atoms with van der Waals surface area (Å²) in [6, 6.07) is 7.90. The second-order valence-electron chi connectivity index (χ2n) is 2.52. The smallest absolute Gasteiger partial charge is 0.155 e. The Balaban J connectivity index is 2.65. The number of hydrogen-bond acceptors (Lipinski definition) is 3. The molecule has 0 aliphatic heterocycles. The SMILES string of the molecule is CCc1cccc(CON=O)c1. The fourth-order valence-corrected chi connectivity index (χ4v) is 1.04. The van der Waals surface area contributed by atoms with Crippen LogP contribution in [0.3, 0.4) is 0 Å². The van der Waals surface area contributed by atoms with Crippen molar-refractivity contribution in [2.24, 2.45) is 5.34 Å². The van der Waals surface area contributed by atoms with Gasteiger partial charge >= 0.3 is 0 Å². The van der Waals surface area contributed by atoms with Gasteiger partial charge in [0.15, 0.2) is 5.34 Å². The van der Waals surface area contributed by atoms with E-state index in [9.17, 15) is 4.91 Å². The van der Waals surface area contributed by atoms with Crippen LogP contribution in [0.1, 0.15) is 18.1 Å². The van der Waals surface area contributed by atoms with E-state index in [-0.39, 0.29) is 6.61 Å². The first-order valence-electron chi connectivity index (χ1n) is 3.89. The van der Waals surface area contributed by atoms with Gasteiger partial charge in [0.25, 0.3) is 0 Å². The van der Waals surface area contributed by atoms with E-state index in [4.69, 9.17) is 0 Å². The van der Waals surface area contributed by atoms with E-state index in [0.717, 1.165) is 12.0 Å². The fourth-order valence-electron chi connectivity index (χ4n) is 1.04. The van der Waals surface area contributed by atoms with Crippen LogP contribution in [-0.2, 0) is 17.9 Å². The second-order valence-corrected chi connectivity index (χ2v) is 2.52. The zero-order chi connectivity index (χ0) is 8.81. The molecule has 0 radical (unpaired) electrons. The molecule has 3 heteroatoms. The third kappa shape index (κ3) is 2.34. The fraction of sp³-hybridized carbons (Fsp3) is 0.333. The van der Waals surface area contributed by atoms with Gasteiger partial charge in [0, 0.05) is 0 Å². The van der Waals surface area contributed by atoms with Gasteiger partial charge in [-0.1, -0.05) is 31.2 Å². The van der Waals surface area contributed by atoms with Gasteiger partial charge in [-0.25, -0.2) is 0 Å². The summed E-state index contributed by atoms with van der Waals surface area (Å²) in [5, 5.41) is 2.34. The third-order valence-corrected chi connectivity index (χ3v) is 1.68. The molecule has 64 valence electrons. The monoisotopic (exact) mass is 165 g/mol. The molecule has 0 heterocycles. The zero-order valence-corrected chi connectivity index (χ0v) is 6.99. The maximum Gasteiger partial charge on any atom is 0.155 e. The van der Waals surface area contributed by atoms with Crippen LogP contribution in [0.4, 0.5) is 0 Å². The molecule has 0 aliphatic carbocycles. The van der Waals surface area contributed by atoms with Crippen LogP contribution in [0, 0.1) is 4.91 Å². The Labute approximate surface area is 71.3 Å². The Bertz CT molecular complexity index is 260. The molecule has 1 aromatic carbocycles. The van der Waals surface area contributed by atoms with Crippen LogP contribution in [0.15, 0.2) is 29.6 Å². The van der Waals surface area contributed by atoms with Crippen LogP contribution in [-0.4, -0.2) is 0 Å². The van der Waals surface area contributed by atoms with Crippen LogP contribution in [0.2, 0.25) is 0 Å². The summed E-state index contributed by atoms with van der Waals surface area (Å²) in [7, 11) is 0. The van der Waals surface area contributed by atoms with E-state index in [0.29, 0.717) is 0 Å². The summed E-state index contributed by atoms with van der Waals surface area (Å²) in [6.07, 6.45) is 0.988. The second kappa shape index (κ2) is 4.49. The highest BCUT2D eigenvalue weighted by Gasteiger charge is 1.94. The predicted octanol–water partition coefficient (Wildman–Crippen LogP) is 2.45. The number of benzene rings is 1.